The first kappa shape index (κ1) is 20.2. The normalized spacial score (nSPS) is 15.3. The second-order valence-electron chi connectivity index (χ2n) is 5.43. The summed E-state index contributed by atoms with van der Waals surface area (Å²) in [5.74, 6) is -1.55. The standard InChI is InChI=1S/C17H18N2O7S/c1-18-11(16(23)19(17(18)27)8-15(22)25-3)6-10-4-5-12(13(7-10)24-2)26-9-14(20)21/h4-7H,8-9H2,1-3H3,(H,20,21)/b11-6-. The third kappa shape index (κ3) is 4.53. The Morgan fingerprint density at radius 2 is 1.96 bits per heavy atom. The average Bonchev–Trinajstić information content (AvgIpc) is 2.84. The molecule has 1 aliphatic heterocycles. The molecule has 1 fully saturated rings. The van der Waals surface area contributed by atoms with Crippen LogP contribution in [-0.2, 0) is 19.1 Å². The van der Waals surface area contributed by atoms with Gasteiger partial charge in [0.25, 0.3) is 5.91 Å². The van der Waals surface area contributed by atoms with Gasteiger partial charge in [0.05, 0.1) is 14.2 Å². The fraction of sp³-hybridized carbons (Fsp3) is 0.294. The number of thiocarbonyl (C=S) groups is 1. The molecule has 0 aliphatic carbocycles. The highest BCUT2D eigenvalue weighted by Crippen LogP contribution is 2.30. The second-order valence-corrected chi connectivity index (χ2v) is 5.80. The molecule has 0 bridgehead atoms. The lowest BCUT2D eigenvalue weighted by molar-refractivity contribution is -0.143. The number of rotatable bonds is 7. The number of carboxylic acid groups (broad SMARTS) is 1. The summed E-state index contributed by atoms with van der Waals surface area (Å²) in [6, 6.07) is 4.77. The summed E-state index contributed by atoms with van der Waals surface area (Å²) in [6.45, 7) is -0.782. The smallest absolute Gasteiger partial charge is 0.341 e. The number of carbonyl (C=O) groups excluding carboxylic acids is 2. The quantitative estimate of drug-likeness (QED) is 0.407. The van der Waals surface area contributed by atoms with Crippen LogP contribution in [0.2, 0.25) is 0 Å². The molecule has 1 heterocycles. The van der Waals surface area contributed by atoms with Crippen molar-refractivity contribution >= 4 is 41.3 Å². The zero-order valence-corrected chi connectivity index (χ0v) is 15.7. The van der Waals surface area contributed by atoms with Crippen LogP contribution in [0.4, 0.5) is 0 Å². The topological polar surface area (TPSA) is 106 Å². The Hall–Kier alpha value is -3.14. The molecule has 0 aromatic heterocycles. The van der Waals surface area contributed by atoms with Gasteiger partial charge < -0.3 is 24.2 Å². The van der Waals surface area contributed by atoms with E-state index in [1.807, 2.05) is 0 Å². The number of amides is 1. The molecule has 0 saturated carbocycles. The van der Waals surface area contributed by atoms with Gasteiger partial charge in [-0.1, -0.05) is 6.07 Å². The molecular formula is C17H18N2O7S. The van der Waals surface area contributed by atoms with Gasteiger partial charge in [-0.2, -0.15) is 0 Å². The van der Waals surface area contributed by atoms with Crippen LogP contribution in [0.3, 0.4) is 0 Å². The molecule has 1 saturated heterocycles. The first-order valence-electron chi connectivity index (χ1n) is 7.69. The van der Waals surface area contributed by atoms with Gasteiger partial charge in [0.2, 0.25) is 0 Å². The highest BCUT2D eigenvalue weighted by Gasteiger charge is 2.37. The minimum absolute atomic E-state index is 0.185. The van der Waals surface area contributed by atoms with E-state index in [2.05, 4.69) is 4.74 Å². The Bertz CT molecular complexity index is 821. The van der Waals surface area contributed by atoms with Crippen molar-refractivity contribution in [2.45, 2.75) is 0 Å². The maximum Gasteiger partial charge on any atom is 0.341 e. The Morgan fingerprint density at radius 3 is 2.56 bits per heavy atom. The summed E-state index contributed by atoms with van der Waals surface area (Å²) < 4.78 is 14.9. The molecule has 1 aromatic carbocycles. The Balaban J connectivity index is 2.29. The number of likely N-dealkylation sites (N-methyl/N-ethyl adjacent to an activating group) is 1. The van der Waals surface area contributed by atoms with Crippen molar-refractivity contribution in [3.05, 3.63) is 29.5 Å². The van der Waals surface area contributed by atoms with Crippen molar-refractivity contribution in [1.82, 2.24) is 9.80 Å². The van der Waals surface area contributed by atoms with Crippen LogP contribution in [0.5, 0.6) is 11.5 Å². The maximum atomic E-state index is 12.6. The second kappa shape index (κ2) is 8.49. The van der Waals surface area contributed by atoms with Gasteiger partial charge >= 0.3 is 11.9 Å². The number of methoxy groups -OCH3 is 2. The molecule has 0 unspecified atom stereocenters. The average molecular weight is 394 g/mol. The van der Waals surface area contributed by atoms with Crippen molar-refractivity contribution in [1.29, 1.82) is 0 Å². The number of hydrogen-bond donors (Lipinski definition) is 1. The summed E-state index contributed by atoms with van der Waals surface area (Å²) in [6.07, 6.45) is 1.58. The lowest BCUT2D eigenvalue weighted by Gasteiger charge is -2.14. The van der Waals surface area contributed by atoms with Gasteiger partial charge in [-0.3, -0.25) is 14.5 Å². The highest BCUT2D eigenvalue weighted by molar-refractivity contribution is 7.80. The van der Waals surface area contributed by atoms with Crippen molar-refractivity contribution in [3.63, 3.8) is 0 Å². The molecule has 27 heavy (non-hydrogen) atoms. The Morgan fingerprint density at radius 1 is 1.26 bits per heavy atom. The fourth-order valence-electron chi connectivity index (χ4n) is 2.33. The third-order valence-electron chi connectivity index (χ3n) is 3.70. The van der Waals surface area contributed by atoms with Crippen molar-refractivity contribution in [3.8, 4) is 11.5 Å². The minimum Gasteiger partial charge on any atom is -0.493 e. The Kier molecular flexibility index (Phi) is 6.35. The van der Waals surface area contributed by atoms with Crippen molar-refractivity contribution < 1.29 is 33.7 Å². The van der Waals surface area contributed by atoms with E-state index >= 15 is 0 Å². The Labute approximate surface area is 160 Å². The first-order valence-corrected chi connectivity index (χ1v) is 8.10. The van der Waals surface area contributed by atoms with E-state index in [4.69, 9.17) is 26.8 Å². The molecule has 1 amide bonds. The zero-order chi connectivity index (χ0) is 20.1. The van der Waals surface area contributed by atoms with Crippen molar-refractivity contribution in [2.75, 3.05) is 34.4 Å². The number of hydrogen-bond acceptors (Lipinski definition) is 7. The number of carbonyl (C=O) groups is 3. The summed E-state index contributed by atoms with van der Waals surface area (Å²) in [5.41, 5.74) is 0.873. The highest BCUT2D eigenvalue weighted by atomic mass is 32.1. The van der Waals surface area contributed by atoms with Gasteiger partial charge in [0.1, 0.15) is 12.2 Å². The van der Waals surface area contributed by atoms with Gasteiger partial charge in [-0.05, 0) is 36.0 Å². The number of aliphatic carboxylic acids is 1. The van der Waals surface area contributed by atoms with Crippen molar-refractivity contribution in [2.24, 2.45) is 0 Å². The van der Waals surface area contributed by atoms with Crippen LogP contribution < -0.4 is 9.47 Å². The van der Waals surface area contributed by atoms with Crippen LogP contribution in [0, 0.1) is 0 Å². The van der Waals surface area contributed by atoms with E-state index < -0.39 is 24.5 Å². The van der Waals surface area contributed by atoms with E-state index in [9.17, 15) is 14.4 Å². The third-order valence-corrected chi connectivity index (χ3v) is 4.19. The van der Waals surface area contributed by atoms with Crippen LogP contribution in [-0.4, -0.2) is 72.3 Å². The van der Waals surface area contributed by atoms with Crippen LogP contribution in [0.15, 0.2) is 23.9 Å². The summed E-state index contributed by atoms with van der Waals surface area (Å²) in [7, 11) is 4.26. The molecule has 10 heteroatoms. The fourth-order valence-corrected chi connectivity index (χ4v) is 2.58. The number of carboxylic acids is 1. The molecule has 1 N–H and O–H groups in total. The van der Waals surface area contributed by atoms with E-state index in [0.29, 0.717) is 11.3 Å². The summed E-state index contributed by atoms with van der Waals surface area (Å²) in [4.78, 5) is 37.3. The lowest BCUT2D eigenvalue weighted by atomic mass is 10.1. The molecular weight excluding hydrogens is 376 g/mol. The molecule has 9 nitrogen and oxygen atoms in total. The van der Waals surface area contributed by atoms with Gasteiger partial charge in [-0.25, -0.2) is 4.79 Å². The minimum atomic E-state index is -1.11. The number of benzene rings is 1. The first-order chi connectivity index (χ1) is 12.8. The van der Waals surface area contributed by atoms with E-state index in [-0.39, 0.29) is 23.1 Å². The maximum absolute atomic E-state index is 12.6. The molecule has 0 spiro atoms. The molecule has 1 aromatic rings. The monoisotopic (exact) mass is 394 g/mol. The van der Waals surface area contributed by atoms with Crippen LogP contribution in [0.25, 0.3) is 6.08 Å². The lowest BCUT2D eigenvalue weighted by Crippen LogP contribution is -2.36. The number of ether oxygens (including phenoxy) is 3. The van der Waals surface area contributed by atoms with Gasteiger partial charge in [-0.15, -0.1) is 0 Å². The summed E-state index contributed by atoms with van der Waals surface area (Å²) in [5, 5.41) is 8.89. The van der Waals surface area contributed by atoms with Crippen LogP contribution >= 0.6 is 12.2 Å². The predicted molar refractivity (Wildman–Crippen MR) is 98.2 cm³/mol. The zero-order valence-electron chi connectivity index (χ0n) is 14.9. The molecule has 0 radical (unpaired) electrons. The number of nitrogens with zero attached hydrogens (tertiary/aromatic N) is 2. The summed E-state index contributed by atoms with van der Waals surface area (Å²) >= 11 is 5.21. The van der Waals surface area contributed by atoms with Gasteiger partial charge in [0.15, 0.2) is 23.2 Å². The van der Waals surface area contributed by atoms with E-state index in [0.717, 1.165) is 4.90 Å². The number of esters is 1. The van der Waals surface area contributed by atoms with E-state index in [1.54, 1.807) is 25.3 Å². The molecule has 1 aliphatic rings. The van der Waals surface area contributed by atoms with E-state index in [1.165, 1.54) is 25.2 Å². The largest absolute Gasteiger partial charge is 0.493 e. The molecule has 2 rings (SSSR count). The van der Waals surface area contributed by atoms with Crippen LogP contribution in [0.1, 0.15) is 5.56 Å². The SMILES string of the molecule is COC(=O)CN1C(=O)/C(=C/c2ccc(OCC(=O)O)c(OC)c2)N(C)C1=S. The molecule has 0 atom stereocenters. The predicted octanol–water partition coefficient (Wildman–Crippen LogP) is 0.731. The van der Waals surface area contributed by atoms with Gasteiger partial charge in [0, 0.05) is 7.05 Å². The molecule has 144 valence electrons.